The summed E-state index contributed by atoms with van der Waals surface area (Å²) in [6.07, 6.45) is 2.93. The van der Waals surface area contributed by atoms with E-state index < -0.39 is 0 Å². The fourth-order valence-electron chi connectivity index (χ4n) is 6.89. The number of carbonyl (C=O) groups excluding carboxylic acids is 1. The van der Waals surface area contributed by atoms with E-state index >= 15 is 0 Å². The van der Waals surface area contributed by atoms with Crippen LogP contribution in [0.25, 0.3) is 22.5 Å². The second-order valence-electron chi connectivity index (χ2n) is 13.0. The topological polar surface area (TPSA) is 105 Å². The van der Waals surface area contributed by atoms with Crippen LogP contribution < -0.4 is 0 Å². The van der Waals surface area contributed by atoms with Crippen LogP contribution in [0.5, 0.6) is 0 Å². The molecule has 0 atom stereocenters. The highest BCUT2D eigenvalue weighted by atomic mass is 16.5. The number of benzene rings is 4. The fourth-order valence-corrected chi connectivity index (χ4v) is 6.89. The van der Waals surface area contributed by atoms with Gasteiger partial charge in [0.1, 0.15) is 6.61 Å². The molecule has 0 spiro atoms. The van der Waals surface area contributed by atoms with E-state index in [1.54, 1.807) is 0 Å². The minimum absolute atomic E-state index is 0.224. The Balaban J connectivity index is 0.950. The van der Waals surface area contributed by atoms with Gasteiger partial charge >= 0.3 is 5.97 Å². The quantitative estimate of drug-likeness (QED) is 0.127. The second-order valence-corrected chi connectivity index (χ2v) is 13.0. The van der Waals surface area contributed by atoms with Crippen LogP contribution in [-0.4, -0.2) is 85.5 Å². The molecule has 0 radical (unpaired) electrons. The van der Waals surface area contributed by atoms with Gasteiger partial charge in [-0.15, -0.1) is 10.2 Å². The van der Waals surface area contributed by atoms with E-state index in [1.807, 2.05) is 28.9 Å². The zero-order chi connectivity index (χ0) is 34.8. The Labute approximate surface area is 299 Å². The molecule has 1 saturated heterocycles. The summed E-state index contributed by atoms with van der Waals surface area (Å²) < 4.78 is 7.73. The number of H-pyrrole nitrogens is 1. The molecular formula is C41H44N8O2. The lowest BCUT2D eigenvalue weighted by atomic mass is 9.96. The Morgan fingerprint density at radius 2 is 1.49 bits per heavy atom. The maximum atomic E-state index is 13.2. The van der Waals surface area contributed by atoms with Crippen molar-refractivity contribution in [1.29, 1.82) is 0 Å². The van der Waals surface area contributed by atoms with Gasteiger partial charge in [0, 0.05) is 44.0 Å². The first-order valence-corrected chi connectivity index (χ1v) is 17.9. The van der Waals surface area contributed by atoms with E-state index in [0.29, 0.717) is 31.2 Å². The van der Waals surface area contributed by atoms with Gasteiger partial charge in [0.25, 0.3) is 0 Å². The Morgan fingerprint density at radius 1 is 0.824 bits per heavy atom. The summed E-state index contributed by atoms with van der Waals surface area (Å²) in [5.74, 6) is 0.191. The number of carbonyl (C=O) groups is 1. The highest BCUT2D eigenvalue weighted by Crippen LogP contribution is 2.31. The molecule has 7 rings (SSSR count). The summed E-state index contributed by atoms with van der Waals surface area (Å²) in [6, 6.07) is 40.0. The first kappa shape index (κ1) is 34.0. The van der Waals surface area contributed by atoms with Gasteiger partial charge < -0.3 is 4.74 Å². The van der Waals surface area contributed by atoms with E-state index in [2.05, 4.69) is 128 Å². The van der Waals surface area contributed by atoms with Crippen molar-refractivity contribution in [2.75, 3.05) is 39.3 Å². The maximum absolute atomic E-state index is 13.2. The summed E-state index contributed by atoms with van der Waals surface area (Å²) in [5, 5.41) is 19.3. The predicted octanol–water partition coefficient (Wildman–Crippen LogP) is 6.69. The number of hydrogen-bond donors (Lipinski definition) is 1. The van der Waals surface area contributed by atoms with Gasteiger partial charge in [-0.2, -0.15) is 10.3 Å². The summed E-state index contributed by atoms with van der Waals surface area (Å²) in [6.45, 7) is 7.51. The van der Waals surface area contributed by atoms with E-state index in [0.717, 1.165) is 73.4 Å². The molecule has 10 heteroatoms. The number of unbranched alkanes of at least 4 members (excludes halogenated alkanes) is 1. The molecule has 0 saturated carbocycles. The van der Waals surface area contributed by atoms with Crippen LogP contribution >= 0.6 is 0 Å². The normalized spacial score (nSPS) is 13.8. The zero-order valence-corrected chi connectivity index (χ0v) is 29.1. The number of hydrogen-bond acceptors (Lipinski definition) is 8. The number of esters is 1. The van der Waals surface area contributed by atoms with Gasteiger partial charge in [-0.05, 0) is 51.9 Å². The van der Waals surface area contributed by atoms with Crippen molar-refractivity contribution in [3.05, 3.63) is 143 Å². The number of nitrogens with zero attached hydrogens (tertiary/aromatic N) is 7. The lowest BCUT2D eigenvalue weighted by Crippen LogP contribution is -2.48. The predicted molar refractivity (Wildman–Crippen MR) is 198 cm³/mol. The molecule has 2 aromatic heterocycles. The van der Waals surface area contributed by atoms with E-state index in [-0.39, 0.29) is 12.0 Å². The third-order valence-corrected chi connectivity index (χ3v) is 9.61. The molecule has 0 aliphatic carbocycles. The molecule has 1 aliphatic heterocycles. The lowest BCUT2D eigenvalue weighted by molar-refractivity contribution is 0.0400. The molecule has 0 bridgehead atoms. The Kier molecular flexibility index (Phi) is 11.0. The summed E-state index contributed by atoms with van der Waals surface area (Å²) in [5.41, 5.74) is 8.12. The number of tetrazole rings is 1. The van der Waals surface area contributed by atoms with Crippen molar-refractivity contribution in [2.24, 2.45) is 0 Å². The molecular weight excluding hydrogens is 637 g/mol. The van der Waals surface area contributed by atoms with Gasteiger partial charge in [0.15, 0.2) is 5.69 Å². The van der Waals surface area contributed by atoms with Gasteiger partial charge in [-0.3, -0.25) is 14.5 Å². The molecule has 0 unspecified atom stereocenters. The minimum atomic E-state index is -0.369. The van der Waals surface area contributed by atoms with E-state index in [9.17, 15) is 4.79 Å². The fraction of sp³-hybridized carbons (Fsp3) is 0.293. The molecule has 3 heterocycles. The maximum Gasteiger partial charge on any atom is 0.358 e. The number of aryl methyl sites for hydroxylation is 1. The molecule has 6 aromatic rings. The second kappa shape index (κ2) is 16.5. The van der Waals surface area contributed by atoms with E-state index in [4.69, 9.17) is 9.84 Å². The first-order valence-electron chi connectivity index (χ1n) is 17.9. The van der Waals surface area contributed by atoms with Crippen LogP contribution in [0, 0.1) is 0 Å². The highest BCUT2D eigenvalue weighted by molar-refractivity contribution is 5.87. The number of ether oxygens (including phenoxy) is 1. The van der Waals surface area contributed by atoms with Crippen molar-refractivity contribution in [3.63, 3.8) is 0 Å². The van der Waals surface area contributed by atoms with Crippen molar-refractivity contribution in [2.45, 2.75) is 38.8 Å². The Bertz CT molecular complexity index is 1930. The van der Waals surface area contributed by atoms with Crippen LogP contribution in [0.1, 0.15) is 58.7 Å². The molecule has 1 fully saturated rings. The van der Waals surface area contributed by atoms with Crippen molar-refractivity contribution in [1.82, 2.24) is 40.2 Å². The SMILES string of the molecule is CCCCc1cc(C(=O)OCCN2CCN(C(c3ccccc3)c3ccccc3)CC2)nn1Cc1ccc(-c2ccccc2-c2nn[nH]n2)cc1. The number of nitrogens with one attached hydrogen (secondary N) is 1. The molecule has 260 valence electrons. The van der Waals surface area contributed by atoms with Crippen molar-refractivity contribution in [3.8, 4) is 22.5 Å². The van der Waals surface area contributed by atoms with Crippen molar-refractivity contribution < 1.29 is 9.53 Å². The number of aromatic nitrogens is 6. The monoisotopic (exact) mass is 680 g/mol. The van der Waals surface area contributed by atoms with Gasteiger partial charge in [-0.1, -0.05) is 123 Å². The zero-order valence-electron chi connectivity index (χ0n) is 29.1. The van der Waals surface area contributed by atoms with Crippen LogP contribution in [0.2, 0.25) is 0 Å². The van der Waals surface area contributed by atoms with Crippen LogP contribution in [0.15, 0.2) is 115 Å². The average Bonchev–Trinajstić information content (AvgIpc) is 3.87. The summed E-state index contributed by atoms with van der Waals surface area (Å²) >= 11 is 0. The molecule has 4 aromatic carbocycles. The molecule has 51 heavy (non-hydrogen) atoms. The number of rotatable bonds is 14. The minimum Gasteiger partial charge on any atom is -0.460 e. The smallest absolute Gasteiger partial charge is 0.358 e. The summed E-state index contributed by atoms with van der Waals surface area (Å²) in [4.78, 5) is 18.2. The molecule has 10 nitrogen and oxygen atoms in total. The number of aromatic amines is 1. The van der Waals surface area contributed by atoms with Gasteiger partial charge in [0.2, 0.25) is 5.82 Å². The lowest BCUT2D eigenvalue weighted by Gasteiger charge is -2.39. The number of piperazine rings is 1. The van der Waals surface area contributed by atoms with Crippen LogP contribution in [0.4, 0.5) is 0 Å². The molecule has 1 aliphatic rings. The van der Waals surface area contributed by atoms with Gasteiger partial charge in [-0.25, -0.2) is 4.79 Å². The van der Waals surface area contributed by atoms with E-state index in [1.165, 1.54) is 11.1 Å². The van der Waals surface area contributed by atoms with Gasteiger partial charge in [0.05, 0.1) is 12.6 Å². The third kappa shape index (κ3) is 8.30. The third-order valence-electron chi connectivity index (χ3n) is 9.61. The van der Waals surface area contributed by atoms with Crippen LogP contribution in [0.3, 0.4) is 0 Å². The Morgan fingerprint density at radius 3 is 2.14 bits per heavy atom. The Hall–Kier alpha value is -5.45. The average molecular weight is 681 g/mol. The largest absolute Gasteiger partial charge is 0.460 e. The summed E-state index contributed by atoms with van der Waals surface area (Å²) in [7, 11) is 0. The standard InChI is InChI=1S/C41H44N8O2/c1-2-3-16-35-29-38(44-49(35)30-31-19-21-32(22-20-31)36-17-10-11-18-37(36)40-42-45-46-43-40)41(50)51-28-27-47-23-25-48(26-24-47)39(33-12-6-4-7-13-33)34-14-8-5-9-15-34/h4-15,17-22,29,39H,2-3,16,23-28,30H2,1H3,(H,42,43,45,46). The van der Waals surface area contributed by atoms with Crippen LogP contribution in [-0.2, 0) is 17.7 Å². The van der Waals surface area contributed by atoms with Crippen molar-refractivity contribution >= 4 is 5.97 Å². The molecule has 1 N–H and O–H groups in total. The highest BCUT2D eigenvalue weighted by Gasteiger charge is 2.26. The molecule has 0 amide bonds. The first-order chi connectivity index (χ1) is 25.2.